The zero-order valence-electron chi connectivity index (χ0n) is 10.3. The maximum atomic E-state index is 8.99. The van der Waals surface area contributed by atoms with Gasteiger partial charge in [0.15, 0.2) is 0 Å². The van der Waals surface area contributed by atoms with Crippen LogP contribution in [-0.4, -0.2) is 29.7 Å². The number of nitrogens with two attached hydrogens (primary N) is 1. The molecular formula is C14H22N2O. The summed E-state index contributed by atoms with van der Waals surface area (Å²) in [4.78, 5) is 2.48. The number of rotatable bonds is 4. The number of aliphatic hydroxyl groups is 1. The van der Waals surface area contributed by atoms with Gasteiger partial charge in [0.2, 0.25) is 0 Å². The third kappa shape index (κ3) is 3.72. The first-order valence-electron chi connectivity index (χ1n) is 6.45. The molecule has 0 radical (unpaired) electrons. The lowest BCUT2D eigenvalue weighted by Gasteiger charge is -2.32. The third-order valence-electron chi connectivity index (χ3n) is 3.53. The van der Waals surface area contributed by atoms with E-state index >= 15 is 0 Å². The topological polar surface area (TPSA) is 49.5 Å². The van der Waals surface area contributed by atoms with Gasteiger partial charge < -0.3 is 10.8 Å². The molecule has 1 aromatic rings. The van der Waals surface area contributed by atoms with E-state index < -0.39 is 0 Å². The number of hydrogen-bond donors (Lipinski definition) is 2. The molecule has 0 bridgehead atoms. The van der Waals surface area contributed by atoms with Gasteiger partial charge in [-0.25, -0.2) is 0 Å². The average Bonchev–Trinajstić information content (AvgIpc) is 2.33. The molecule has 3 heteroatoms. The van der Waals surface area contributed by atoms with Crippen molar-refractivity contribution in [2.75, 3.05) is 25.4 Å². The number of nitrogen functional groups attached to an aromatic ring is 1. The van der Waals surface area contributed by atoms with Gasteiger partial charge in [0.25, 0.3) is 0 Å². The van der Waals surface area contributed by atoms with E-state index in [4.69, 9.17) is 10.8 Å². The number of anilines is 1. The molecule has 2 rings (SSSR count). The molecule has 1 saturated heterocycles. The zero-order chi connectivity index (χ0) is 12.1. The molecule has 3 nitrogen and oxygen atoms in total. The van der Waals surface area contributed by atoms with E-state index in [-0.39, 0.29) is 0 Å². The molecule has 1 heterocycles. The first kappa shape index (κ1) is 12.4. The molecule has 1 fully saturated rings. The van der Waals surface area contributed by atoms with Crippen molar-refractivity contribution in [3.05, 3.63) is 29.8 Å². The summed E-state index contributed by atoms with van der Waals surface area (Å²) in [6.45, 7) is 3.61. The zero-order valence-corrected chi connectivity index (χ0v) is 10.3. The summed E-state index contributed by atoms with van der Waals surface area (Å²) in [7, 11) is 0. The predicted octanol–water partition coefficient (Wildman–Crippen LogP) is 1.86. The number of benzene rings is 1. The second kappa shape index (κ2) is 6.03. The number of aliphatic hydroxyl groups excluding tert-OH is 1. The van der Waals surface area contributed by atoms with Crippen LogP contribution in [0.1, 0.15) is 24.8 Å². The molecule has 1 aromatic carbocycles. The highest BCUT2D eigenvalue weighted by molar-refractivity contribution is 5.39. The molecule has 0 amide bonds. The summed E-state index contributed by atoms with van der Waals surface area (Å²) in [6, 6.07) is 8.13. The molecule has 1 atom stereocenters. The number of hydrogen-bond acceptors (Lipinski definition) is 3. The Bertz CT molecular complexity index is 335. The van der Waals surface area contributed by atoms with Gasteiger partial charge >= 0.3 is 0 Å². The summed E-state index contributed by atoms with van der Waals surface area (Å²) in [5.41, 5.74) is 7.83. The second-order valence-electron chi connectivity index (χ2n) is 5.00. The first-order valence-corrected chi connectivity index (χ1v) is 6.45. The molecule has 0 saturated carbocycles. The lowest BCUT2D eigenvalue weighted by Crippen LogP contribution is -2.35. The van der Waals surface area contributed by atoms with Crippen molar-refractivity contribution in [2.24, 2.45) is 5.92 Å². The minimum Gasteiger partial charge on any atom is -0.399 e. The van der Waals surface area contributed by atoms with E-state index in [1.54, 1.807) is 0 Å². The number of nitrogens with zero attached hydrogens (tertiary/aromatic N) is 1. The monoisotopic (exact) mass is 234 g/mol. The molecule has 1 aliphatic rings. The Balaban J connectivity index is 1.87. The van der Waals surface area contributed by atoms with Gasteiger partial charge in [-0.3, -0.25) is 4.90 Å². The van der Waals surface area contributed by atoms with Gasteiger partial charge in [0, 0.05) is 25.4 Å². The van der Waals surface area contributed by atoms with Gasteiger partial charge in [0.05, 0.1) is 0 Å². The molecule has 0 spiro atoms. The van der Waals surface area contributed by atoms with E-state index in [0.717, 1.165) is 25.2 Å². The third-order valence-corrected chi connectivity index (χ3v) is 3.53. The largest absolute Gasteiger partial charge is 0.399 e. The Hall–Kier alpha value is -1.06. The van der Waals surface area contributed by atoms with Gasteiger partial charge in [-0.15, -0.1) is 0 Å². The average molecular weight is 234 g/mol. The van der Waals surface area contributed by atoms with Gasteiger partial charge in [-0.1, -0.05) is 12.1 Å². The fraction of sp³-hybridized carbons (Fsp3) is 0.571. The second-order valence-corrected chi connectivity index (χ2v) is 5.00. The normalized spacial score (nSPS) is 21.6. The summed E-state index contributed by atoms with van der Waals surface area (Å²) in [5, 5.41) is 8.99. The van der Waals surface area contributed by atoms with Gasteiger partial charge in [-0.2, -0.15) is 0 Å². The molecule has 1 unspecified atom stereocenters. The Morgan fingerprint density at radius 2 is 2.06 bits per heavy atom. The summed E-state index contributed by atoms with van der Waals surface area (Å²) in [6.07, 6.45) is 3.46. The van der Waals surface area contributed by atoms with Crippen molar-refractivity contribution >= 4 is 5.69 Å². The fourth-order valence-corrected chi connectivity index (χ4v) is 2.59. The van der Waals surface area contributed by atoms with Crippen LogP contribution in [-0.2, 0) is 6.54 Å². The molecule has 0 aromatic heterocycles. The van der Waals surface area contributed by atoms with Crippen LogP contribution in [0.15, 0.2) is 24.3 Å². The van der Waals surface area contributed by atoms with Gasteiger partial charge in [0.1, 0.15) is 0 Å². The van der Waals surface area contributed by atoms with Crippen molar-refractivity contribution in [1.29, 1.82) is 0 Å². The Kier molecular flexibility index (Phi) is 4.40. The molecule has 1 aliphatic heterocycles. The van der Waals surface area contributed by atoms with Crippen LogP contribution in [0.25, 0.3) is 0 Å². The van der Waals surface area contributed by atoms with Crippen LogP contribution >= 0.6 is 0 Å². The van der Waals surface area contributed by atoms with Crippen molar-refractivity contribution in [3.8, 4) is 0 Å². The Morgan fingerprint density at radius 1 is 1.29 bits per heavy atom. The maximum Gasteiger partial charge on any atom is 0.0434 e. The lowest BCUT2D eigenvalue weighted by molar-refractivity contribution is 0.142. The van der Waals surface area contributed by atoms with E-state index in [1.165, 1.54) is 24.9 Å². The van der Waals surface area contributed by atoms with Crippen molar-refractivity contribution in [1.82, 2.24) is 4.90 Å². The van der Waals surface area contributed by atoms with Crippen LogP contribution in [0.4, 0.5) is 5.69 Å². The highest BCUT2D eigenvalue weighted by Gasteiger charge is 2.19. The predicted molar refractivity (Wildman–Crippen MR) is 70.6 cm³/mol. The standard InChI is InChI=1S/C14H22N2O/c15-14-5-3-13(4-6-14)11-16-8-1-2-12(10-16)7-9-17/h3-6,12,17H,1-2,7-11,15H2. The van der Waals surface area contributed by atoms with Crippen molar-refractivity contribution in [3.63, 3.8) is 0 Å². The van der Waals surface area contributed by atoms with Gasteiger partial charge in [-0.05, 0) is 49.4 Å². The molecular weight excluding hydrogens is 212 g/mol. The van der Waals surface area contributed by atoms with Crippen LogP contribution in [0.5, 0.6) is 0 Å². The summed E-state index contributed by atoms with van der Waals surface area (Å²) < 4.78 is 0. The first-order chi connectivity index (χ1) is 8.28. The van der Waals surface area contributed by atoms with Crippen molar-refractivity contribution in [2.45, 2.75) is 25.8 Å². The molecule has 3 N–H and O–H groups in total. The fourth-order valence-electron chi connectivity index (χ4n) is 2.59. The van der Waals surface area contributed by atoms with E-state index in [2.05, 4.69) is 17.0 Å². The maximum absolute atomic E-state index is 8.99. The number of likely N-dealkylation sites (tertiary alicyclic amines) is 1. The van der Waals surface area contributed by atoms with E-state index in [0.29, 0.717) is 12.5 Å². The van der Waals surface area contributed by atoms with E-state index in [9.17, 15) is 0 Å². The molecule has 94 valence electrons. The minimum atomic E-state index is 0.320. The Morgan fingerprint density at radius 3 is 2.76 bits per heavy atom. The van der Waals surface area contributed by atoms with E-state index in [1.807, 2.05) is 12.1 Å². The summed E-state index contributed by atoms with van der Waals surface area (Å²) >= 11 is 0. The van der Waals surface area contributed by atoms with Crippen LogP contribution in [0, 0.1) is 5.92 Å². The summed E-state index contributed by atoms with van der Waals surface area (Å²) in [5.74, 6) is 0.669. The highest BCUT2D eigenvalue weighted by Crippen LogP contribution is 2.21. The van der Waals surface area contributed by atoms with Crippen LogP contribution in [0.2, 0.25) is 0 Å². The number of piperidine rings is 1. The van der Waals surface area contributed by atoms with Crippen LogP contribution in [0.3, 0.4) is 0 Å². The van der Waals surface area contributed by atoms with Crippen molar-refractivity contribution < 1.29 is 5.11 Å². The van der Waals surface area contributed by atoms with Crippen LogP contribution < -0.4 is 5.73 Å². The Labute approximate surface area is 103 Å². The smallest absolute Gasteiger partial charge is 0.0434 e. The minimum absolute atomic E-state index is 0.320. The molecule has 0 aliphatic carbocycles. The quantitative estimate of drug-likeness (QED) is 0.782. The highest BCUT2D eigenvalue weighted by atomic mass is 16.3. The lowest BCUT2D eigenvalue weighted by atomic mass is 9.95. The molecule has 17 heavy (non-hydrogen) atoms. The SMILES string of the molecule is Nc1ccc(CN2CCCC(CCO)C2)cc1.